The van der Waals surface area contributed by atoms with Gasteiger partial charge in [-0.1, -0.05) is 6.07 Å². The first-order valence-electron chi connectivity index (χ1n) is 6.16. The molecule has 0 radical (unpaired) electrons. The molecule has 4 N–H and O–H groups in total. The number of anilines is 1. The fourth-order valence-electron chi connectivity index (χ4n) is 2.43. The van der Waals surface area contributed by atoms with Crippen molar-refractivity contribution in [2.24, 2.45) is 17.4 Å². The van der Waals surface area contributed by atoms with E-state index in [1.54, 1.807) is 0 Å². The number of benzene rings is 1. The SMILES string of the molecule is NCC1CCN(c2cccc(Br)c2C(N)=O)CC1. The molecule has 0 unspecified atom stereocenters. The monoisotopic (exact) mass is 311 g/mol. The standard InChI is InChI=1S/C13H18BrN3O/c14-10-2-1-3-11(12(10)13(16)18)17-6-4-9(8-15)5-7-17/h1-3,9H,4-8,15H2,(H2,16,18). The number of nitrogens with two attached hydrogens (primary N) is 2. The van der Waals surface area contributed by atoms with Gasteiger partial charge in [-0.05, 0) is 53.4 Å². The lowest BCUT2D eigenvalue weighted by Crippen LogP contribution is -2.37. The van der Waals surface area contributed by atoms with Crippen LogP contribution in [0.1, 0.15) is 23.2 Å². The van der Waals surface area contributed by atoms with E-state index in [1.165, 1.54) is 0 Å². The summed E-state index contributed by atoms with van der Waals surface area (Å²) in [7, 11) is 0. The van der Waals surface area contributed by atoms with Crippen molar-refractivity contribution in [2.75, 3.05) is 24.5 Å². The van der Waals surface area contributed by atoms with Crippen molar-refractivity contribution in [1.82, 2.24) is 0 Å². The van der Waals surface area contributed by atoms with E-state index in [2.05, 4.69) is 20.8 Å². The number of hydrogen-bond acceptors (Lipinski definition) is 3. The van der Waals surface area contributed by atoms with Crippen LogP contribution in [0, 0.1) is 5.92 Å². The Labute approximate surface area is 115 Å². The summed E-state index contributed by atoms with van der Waals surface area (Å²) in [4.78, 5) is 13.8. The molecule has 1 aromatic carbocycles. The summed E-state index contributed by atoms with van der Waals surface area (Å²) in [6.45, 7) is 2.60. The third-order valence-corrected chi connectivity index (χ3v) is 4.19. The molecule has 1 saturated heterocycles. The predicted octanol–water partition coefficient (Wildman–Crippen LogP) is 1.72. The maximum Gasteiger partial charge on any atom is 0.251 e. The number of carbonyl (C=O) groups is 1. The molecular formula is C13H18BrN3O. The van der Waals surface area contributed by atoms with Crippen LogP contribution in [0.3, 0.4) is 0 Å². The van der Waals surface area contributed by atoms with Gasteiger partial charge in [-0.25, -0.2) is 0 Å². The number of rotatable bonds is 3. The summed E-state index contributed by atoms with van der Waals surface area (Å²) in [6, 6.07) is 5.73. The predicted molar refractivity (Wildman–Crippen MR) is 76.7 cm³/mol. The molecule has 18 heavy (non-hydrogen) atoms. The molecule has 0 saturated carbocycles. The van der Waals surface area contributed by atoms with Gasteiger partial charge in [0.05, 0.1) is 11.3 Å². The largest absolute Gasteiger partial charge is 0.371 e. The molecule has 1 aliphatic heterocycles. The number of primary amides is 1. The zero-order chi connectivity index (χ0) is 13.1. The van der Waals surface area contributed by atoms with Crippen molar-refractivity contribution in [3.05, 3.63) is 28.2 Å². The van der Waals surface area contributed by atoms with E-state index in [9.17, 15) is 4.79 Å². The highest BCUT2D eigenvalue weighted by molar-refractivity contribution is 9.10. The quantitative estimate of drug-likeness (QED) is 0.893. The van der Waals surface area contributed by atoms with E-state index >= 15 is 0 Å². The number of halogens is 1. The lowest BCUT2D eigenvalue weighted by atomic mass is 9.96. The van der Waals surface area contributed by atoms with Crippen molar-refractivity contribution in [2.45, 2.75) is 12.8 Å². The molecule has 98 valence electrons. The minimum absolute atomic E-state index is 0.390. The van der Waals surface area contributed by atoms with E-state index in [0.717, 1.165) is 42.6 Å². The average Bonchev–Trinajstić information content (AvgIpc) is 2.38. The molecule has 0 atom stereocenters. The number of hydrogen-bond donors (Lipinski definition) is 2. The normalized spacial score (nSPS) is 16.9. The highest BCUT2D eigenvalue weighted by Gasteiger charge is 2.22. The van der Waals surface area contributed by atoms with Crippen LogP contribution >= 0.6 is 15.9 Å². The molecule has 0 aromatic heterocycles. The molecule has 1 heterocycles. The van der Waals surface area contributed by atoms with Crippen molar-refractivity contribution in [3.63, 3.8) is 0 Å². The summed E-state index contributed by atoms with van der Waals surface area (Å²) in [5, 5.41) is 0. The number of amides is 1. The van der Waals surface area contributed by atoms with E-state index in [4.69, 9.17) is 11.5 Å². The van der Waals surface area contributed by atoms with Crippen LogP contribution in [-0.4, -0.2) is 25.5 Å². The highest BCUT2D eigenvalue weighted by Crippen LogP contribution is 2.30. The summed E-state index contributed by atoms with van der Waals surface area (Å²) in [5.74, 6) is 0.212. The van der Waals surface area contributed by atoms with Crippen LogP contribution in [-0.2, 0) is 0 Å². The molecule has 1 fully saturated rings. The van der Waals surface area contributed by atoms with Gasteiger partial charge in [0.2, 0.25) is 0 Å². The summed E-state index contributed by atoms with van der Waals surface area (Å²) < 4.78 is 0.758. The Morgan fingerprint density at radius 1 is 1.39 bits per heavy atom. The van der Waals surface area contributed by atoms with E-state index in [0.29, 0.717) is 11.5 Å². The number of piperidine rings is 1. The molecule has 0 bridgehead atoms. The van der Waals surface area contributed by atoms with Crippen molar-refractivity contribution in [1.29, 1.82) is 0 Å². The Balaban J connectivity index is 2.24. The molecule has 0 spiro atoms. The Hall–Kier alpha value is -1.07. The second-order valence-corrected chi connectivity index (χ2v) is 5.52. The lowest BCUT2D eigenvalue weighted by Gasteiger charge is -2.34. The van der Waals surface area contributed by atoms with Crippen LogP contribution < -0.4 is 16.4 Å². The molecule has 1 amide bonds. The first-order valence-corrected chi connectivity index (χ1v) is 6.96. The van der Waals surface area contributed by atoms with Crippen LogP contribution in [0.5, 0.6) is 0 Å². The first kappa shape index (κ1) is 13.4. The molecule has 1 aromatic rings. The second kappa shape index (κ2) is 5.71. The second-order valence-electron chi connectivity index (χ2n) is 4.66. The van der Waals surface area contributed by atoms with Gasteiger partial charge in [0.1, 0.15) is 0 Å². The van der Waals surface area contributed by atoms with Gasteiger partial charge in [0.15, 0.2) is 0 Å². The third kappa shape index (κ3) is 2.67. The Morgan fingerprint density at radius 2 is 2.06 bits per heavy atom. The summed E-state index contributed by atoms with van der Waals surface area (Å²) in [6.07, 6.45) is 2.14. The lowest BCUT2D eigenvalue weighted by molar-refractivity contribution is 0.1000. The molecule has 0 aliphatic carbocycles. The van der Waals surface area contributed by atoms with Crippen LogP contribution in [0.25, 0.3) is 0 Å². The van der Waals surface area contributed by atoms with E-state index in [1.807, 2.05) is 18.2 Å². The van der Waals surface area contributed by atoms with Gasteiger partial charge >= 0.3 is 0 Å². The van der Waals surface area contributed by atoms with Gasteiger partial charge in [-0.2, -0.15) is 0 Å². The third-order valence-electron chi connectivity index (χ3n) is 3.53. The number of nitrogens with zero attached hydrogens (tertiary/aromatic N) is 1. The highest BCUT2D eigenvalue weighted by atomic mass is 79.9. The summed E-state index contributed by atoms with van der Waals surface area (Å²) >= 11 is 3.39. The fourth-order valence-corrected chi connectivity index (χ4v) is 2.98. The molecule has 1 aliphatic rings. The van der Waals surface area contributed by atoms with Crippen molar-refractivity contribution in [3.8, 4) is 0 Å². The van der Waals surface area contributed by atoms with Gasteiger partial charge in [0, 0.05) is 17.6 Å². The van der Waals surface area contributed by atoms with Crippen LogP contribution in [0.4, 0.5) is 5.69 Å². The minimum Gasteiger partial charge on any atom is -0.371 e. The maximum absolute atomic E-state index is 11.6. The first-order chi connectivity index (χ1) is 8.63. The minimum atomic E-state index is -0.390. The van der Waals surface area contributed by atoms with Gasteiger partial charge in [-0.15, -0.1) is 0 Å². The molecular weight excluding hydrogens is 294 g/mol. The van der Waals surface area contributed by atoms with Crippen molar-refractivity contribution < 1.29 is 4.79 Å². The molecule has 2 rings (SSSR count). The Bertz CT molecular complexity index is 442. The molecule has 5 heteroatoms. The fraction of sp³-hybridized carbons (Fsp3) is 0.462. The average molecular weight is 312 g/mol. The van der Waals surface area contributed by atoms with Gasteiger partial charge < -0.3 is 16.4 Å². The zero-order valence-corrected chi connectivity index (χ0v) is 11.8. The summed E-state index contributed by atoms with van der Waals surface area (Å²) in [5.41, 5.74) is 12.6. The zero-order valence-electron chi connectivity index (χ0n) is 10.2. The smallest absolute Gasteiger partial charge is 0.251 e. The maximum atomic E-state index is 11.6. The topological polar surface area (TPSA) is 72.3 Å². The molecule has 4 nitrogen and oxygen atoms in total. The van der Waals surface area contributed by atoms with Crippen molar-refractivity contribution >= 4 is 27.5 Å². The number of carbonyl (C=O) groups excluding carboxylic acids is 1. The van der Waals surface area contributed by atoms with Gasteiger partial charge in [-0.3, -0.25) is 4.79 Å². The van der Waals surface area contributed by atoms with Gasteiger partial charge in [0.25, 0.3) is 5.91 Å². The Kier molecular flexibility index (Phi) is 4.24. The van der Waals surface area contributed by atoms with Crippen LogP contribution in [0.15, 0.2) is 22.7 Å². The van der Waals surface area contributed by atoms with E-state index < -0.39 is 5.91 Å². The Morgan fingerprint density at radius 3 is 2.61 bits per heavy atom. The van der Waals surface area contributed by atoms with E-state index in [-0.39, 0.29) is 0 Å². The van der Waals surface area contributed by atoms with Crippen LogP contribution in [0.2, 0.25) is 0 Å².